The van der Waals surface area contributed by atoms with Crippen LogP contribution in [0, 0.1) is 6.92 Å². The molecule has 0 aliphatic heterocycles. The molecule has 80 valence electrons. The van der Waals surface area contributed by atoms with Gasteiger partial charge in [-0.3, -0.25) is 0 Å². The van der Waals surface area contributed by atoms with Crippen LogP contribution in [0.2, 0.25) is 0 Å². The third-order valence-electron chi connectivity index (χ3n) is 1.90. The Labute approximate surface area is 90.8 Å². The number of thiophene rings is 1. The van der Waals surface area contributed by atoms with E-state index in [4.69, 9.17) is 4.52 Å². The molecule has 1 unspecified atom stereocenters. The topological polar surface area (TPSA) is 71.2 Å². The molecule has 0 aliphatic carbocycles. The molecule has 0 aliphatic rings. The molecular weight excluding hydrogens is 214 g/mol. The first kappa shape index (κ1) is 10.1. The van der Waals surface area contributed by atoms with Crippen molar-refractivity contribution in [2.45, 2.75) is 13.0 Å². The van der Waals surface area contributed by atoms with Crippen molar-refractivity contribution in [1.82, 2.24) is 10.1 Å². The Morgan fingerprint density at radius 2 is 2.53 bits per heavy atom. The second kappa shape index (κ2) is 4.41. The Balaban J connectivity index is 1.88. The zero-order valence-corrected chi connectivity index (χ0v) is 8.99. The van der Waals surface area contributed by atoms with Crippen LogP contribution in [0.25, 0.3) is 0 Å². The van der Waals surface area contributed by atoms with Crippen LogP contribution in [0.3, 0.4) is 0 Å². The fourth-order valence-corrected chi connectivity index (χ4v) is 1.84. The van der Waals surface area contributed by atoms with Gasteiger partial charge >= 0.3 is 6.01 Å². The number of aliphatic hydroxyl groups excluding tert-OH is 1. The number of hydrogen-bond acceptors (Lipinski definition) is 6. The number of rotatable bonds is 4. The van der Waals surface area contributed by atoms with Gasteiger partial charge in [-0.05, 0) is 29.3 Å². The molecule has 0 saturated carbocycles. The summed E-state index contributed by atoms with van der Waals surface area (Å²) >= 11 is 1.55. The van der Waals surface area contributed by atoms with E-state index >= 15 is 0 Å². The van der Waals surface area contributed by atoms with E-state index in [-0.39, 0.29) is 0 Å². The molecule has 0 spiro atoms. The molecule has 0 amide bonds. The highest BCUT2D eigenvalue weighted by Gasteiger charge is 2.09. The summed E-state index contributed by atoms with van der Waals surface area (Å²) in [7, 11) is 0. The second-order valence-electron chi connectivity index (χ2n) is 3.10. The lowest BCUT2D eigenvalue weighted by atomic mass is 10.2. The molecule has 0 fully saturated rings. The first-order valence-electron chi connectivity index (χ1n) is 4.50. The van der Waals surface area contributed by atoms with E-state index < -0.39 is 6.10 Å². The van der Waals surface area contributed by atoms with Gasteiger partial charge < -0.3 is 14.9 Å². The van der Waals surface area contributed by atoms with Crippen LogP contribution in [0.5, 0.6) is 0 Å². The van der Waals surface area contributed by atoms with Crippen molar-refractivity contribution < 1.29 is 9.63 Å². The van der Waals surface area contributed by atoms with Gasteiger partial charge in [-0.1, -0.05) is 5.16 Å². The summed E-state index contributed by atoms with van der Waals surface area (Å²) in [6, 6.07) is 2.22. The van der Waals surface area contributed by atoms with Crippen molar-refractivity contribution in [2.24, 2.45) is 0 Å². The van der Waals surface area contributed by atoms with Gasteiger partial charge in [0.05, 0.1) is 6.10 Å². The van der Waals surface area contributed by atoms with Crippen LogP contribution in [0.4, 0.5) is 6.01 Å². The maximum absolute atomic E-state index is 9.73. The first-order chi connectivity index (χ1) is 7.25. The first-order valence-corrected chi connectivity index (χ1v) is 5.44. The van der Waals surface area contributed by atoms with E-state index in [0.29, 0.717) is 18.4 Å². The molecule has 0 bridgehead atoms. The minimum absolute atomic E-state index is 0.335. The average molecular weight is 225 g/mol. The fourth-order valence-electron chi connectivity index (χ4n) is 1.14. The van der Waals surface area contributed by atoms with E-state index in [0.717, 1.165) is 5.56 Å². The lowest BCUT2D eigenvalue weighted by Gasteiger charge is -2.07. The minimum Gasteiger partial charge on any atom is -0.387 e. The van der Waals surface area contributed by atoms with Gasteiger partial charge in [-0.25, -0.2) is 0 Å². The van der Waals surface area contributed by atoms with E-state index in [1.807, 2.05) is 16.8 Å². The van der Waals surface area contributed by atoms with Gasteiger partial charge in [0, 0.05) is 6.54 Å². The quantitative estimate of drug-likeness (QED) is 0.826. The summed E-state index contributed by atoms with van der Waals surface area (Å²) in [5.74, 6) is 0.572. The highest BCUT2D eigenvalue weighted by atomic mass is 32.1. The van der Waals surface area contributed by atoms with Crippen molar-refractivity contribution in [3.63, 3.8) is 0 Å². The largest absolute Gasteiger partial charge is 0.387 e. The number of nitrogens with zero attached hydrogens (tertiary/aromatic N) is 2. The Bertz CT molecular complexity index is 413. The van der Waals surface area contributed by atoms with Crippen LogP contribution in [-0.2, 0) is 0 Å². The van der Waals surface area contributed by atoms with Gasteiger partial charge in [-0.15, -0.1) is 0 Å². The third-order valence-corrected chi connectivity index (χ3v) is 2.60. The molecule has 2 N–H and O–H groups in total. The predicted molar refractivity (Wildman–Crippen MR) is 56.8 cm³/mol. The normalized spacial score (nSPS) is 12.7. The highest BCUT2D eigenvalue weighted by molar-refractivity contribution is 7.07. The smallest absolute Gasteiger partial charge is 0.321 e. The van der Waals surface area contributed by atoms with Crippen molar-refractivity contribution in [2.75, 3.05) is 11.9 Å². The molecule has 6 heteroatoms. The van der Waals surface area contributed by atoms with Gasteiger partial charge in [0.15, 0.2) is 5.82 Å². The van der Waals surface area contributed by atoms with E-state index in [9.17, 15) is 5.11 Å². The van der Waals surface area contributed by atoms with E-state index in [1.54, 1.807) is 18.3 Å². The number of aromatic nitrogens is 2. The zero-order chi connectivity index (χ0) is 10.7. The summed E-state index contributed by atoms with van der Waals surface area (Å²) in [6.45, 7) is 2.10. The predicted octanol–water partition coefficient (Wildman–Crippen LogP) is 1.59. The number of aryl methyl sites for hydroxylation is 1. The molecule has 2 aromatic rings. The molecule has 0 saturated heterocycles. The molecule has 2 rings (SSSR count). The molecule has 5 nitrogen and oxygen atoms in total. The standard InChI is InChI=1S/C9H11N3O2S/c1-6-11-9(14-12-6)10-4-8(13)7-2-3-15-5-7/h2-3,5,8,13H,4H2,1H3,(H,10,11,12). The monoisotopic (exact) mass is 225 g/mol. The summed E-state index contributed by atoms with van der Waals surface area (Å²) in [6.07, 6.45) is -0.552. The Kier molecular flexibility index (Phi) is 2.98. The highest BCUT2D eigenvalue weighted by Crippen LogP contribution is 2.16. The Morgan fingerprint density at radius 1 is 1.67 bits per heavy atom. The van der Waals surface area contributed by atoms with Crippen molar-refractivity contribution in [3.05, 3.63) is 28.2 Å². The van der Waals surface area contributed by atoms with Crippen LogP contribution in [0.15, 0.2) is 21.3 Å². The van der Waals surface area contributed by atoms with Crippen molar-refractivity contribution in [1.29, 1.82) is 0 Å². The van der Waals surface area contributed by atoms with Crippen LogP contribution in [0.1, 0.15) is 17.5 Å². The molecule has 2 heterocycles. The molecule has 2 aromatic heterocycles. The zero-order valence-electron chi connectivity index (χ0n) is 8.17. The van der Waals surface area contributed by atoms with E-state index in [2.05, 4.69) is 15.5 Å². The van der Waals surface area contributed by atoms with Crippen molar-refractivity contribution >= 4 is 17.4 Å². The number of anilines is 1. The summed E-state index contributed by atoms with van der Waals surface area (Å²) in [4.78, 5) is 3.97. The van der Waals surface area contributed by atoms with Gasteiger partial charge in [0.25, 0.3) is 0 Å². The molecule has 0 aromatic carbocycles. The van der Waals surface area contributed by atoms with Crippen LogP contribution >= 0.6 is 11.3 Å². The molecule has 1 atom stereocenters. The van der Waals surface area contributed by atoms with Gasteiger partial charge in [-0.2, -0.15) is 16.3 Å². The third kappa shape index (κ3) is 2.54. The number of aliphatic hydroxyl groups is 1. The van der Waals surface area contributed by atoms with Gasteiger partial charge in [0.1, 0.15) is 0 Å². The molecule has 0 radical (unpaired) electrons. The summed E-state index contributed by atoms with van der Waals surface area (Å²) < 4.78 is 4.85. The van der Waals surface area contributed by atoms with Gasteiger partial charge in [0.2, 0.25) is 0 Å². The summed E-state index contributed by atoms with van der Waals surface area (Å²) in [5.41, 5.74) is 0.892. The fraction of sp³-hybridized carbons (Fsp3) is 0.333. The van der Waals surface area contributed by atoms with Crippen LogP contribution < -0.4 is 5.32 Å². The maximum atomic E-state index is 9.73. The average Bonchev–Trinajstić information content (AvgIpc) is 2.84. The lowest BCUT2D eigenvalue weighted by molar-refractivity contribution is 0.191. The minimum atomic E-state index is -0.552. The molecule has 15 heavy (non-hydrogen) atoms. The van der Waals surface area contributed by atoms with Crippen LogP contribution in [-0.4, -0.2) is 21.8 Å². The Morgan fingerprint density at radius 3 is 3.13 bits per heavy atom. The Hall–Kier alpha value is -1.40. The molecular formula is C9H11N3O2S. The maximum Gasteiger partial charge on any atom is 0.321 e. The lowest BCUT2D eigenvalue weighted by Crippen LogP contribution is -2.11. The van der Waals surface area contributed by atoms with Crippen molar-refractivity contribution in [3.8, 4) is 0 Å². The number of hydrogen-bond donors (Lipinski definition) is 2. The second-order valence-corrected chi connectivity index (χ2v) is 3.88. The van der Waals surface area contributed by atoms with E-state index in [1.165, 1.54) is 0 Å². The number of nitrogens with one attached hydrogen (secondary N) is 1. The summed E-state index contributed by atoms with van der Waals surface area (Å²) in [5, 5.41) is 20.1. The SMILES string of the molecule is Cc1noc(NCC(O)c2ccsc2)n1.